The Bertz CT molecular complexity index is 686. The summed E-state index contributed by atoms with van der Waals surface area (Å²) in [5.74, 6) is 0.433. The number of methoxy groups -OCH3 is 1. The molecule has 0 saturated heterocycles. The minimum atomic E-state index is -0.505. The van der Waals surface area contributed by atoms with Gasteiger partial charge in [-0.2, -0.15) is 4.73 Å². The minimum absolute atomic E-state index is 0.101. The van der Waals surface area contributed by atoms with Crippen molar-refractivity contribution in [2.45, 2.75) is 13.8 Å². The van der Waals surface area contributed by atoms with Crippen molar-refractivity contribution in [2.75, 3.05) is 7.11 Å². The highest BCUT2D eigenvalue weighted by Gasteiger charge is 2.25. The van der Waals surface area contributed by atoms with Gasteiger partial charge in [-0.05, 0) is 13.0 Å². The van der Waals surface area contributed by atoms with Crippen molar-refractivity contribution in [3.63, 3.8) is 0 Å². The van der Waals surface area contributed by atoms with Gasteiger partial charge in [0.15, 0.2) is 5.69 Å². The smallest absolute Gasteiger partial charge is 0.285 e. The van der Waals surface area contributed by atoms with Crippen molar-refractivity contribution in [1.82, 2.24) is 4.98 Å². The molecule has 2 aromatic heterocycles. The van der Waals surface area contributed by atoms with Crippen LogP contribution in [0.1, 0.15) is 11.3 Å². The second-order valence-corrected chi connectivity index (χ2v) is 4.25. The average Bonchev–Trinajstić information content (AvgIpc) is 2.45. The standard InChI is InChI=1S/C13H13N3O4/c1-8-9(2)15(17)12(6-11(8)16(18)19)10-7-14-5-4-13(10)20-3/h4-7H,1-3H3. The average molecular weight is 275 g/mol. The molecule has 0 amide bonds. The summed E-state index contributed by atoms with van der Waals surface area (Å²) < 4.78 is 5.82. The number of pyridine rings is 2. The Morgan fingerprint density at radius 2 is 2.10 bits per heavy atom. The molecule has 2 rings (SSSR count). The first-order valence-electron chi connectivity index (χ1n) is 5.84. The maximum Gasteiger partial charge on any atom is 0.285 e. The summed E-state index contributed by atoms with van der Waals surface area (Å²) in [7, 11) is 1.46. The maximum absolute atomic E-state index is 12.2. The molecule has 0 aromatic carbocycles. The summed E-state index contributed by atoms with van der Waals surface area (Å²) in [6.45, 7) is 3.09. The van der Waals surface area contributed by atoms with Gasteiger partial charge in [0, 0.05) is 19.3 Å². The number of hydrogen-bond acceptors (Lipinski definition) is 5. The number of nitro groups is 1. The fourth-order valence-electron chi connectivity index (χ4n) is 1.94. The molecule has 104 valence electrons. The lowest BCUT2D eigenvalue weighted by Gasteiger charge is -2.11. The Balaban J connectivity index is 2.77. The Morgan fingerprint density at radius 1 is 1.40 bits per heavy atom. The topological polar surface area (TPSA) is 92.2 Å². The summed E-state index contributed by atoms with van der Waals surface area (Å²) in [4.78, 5) is 14.5. The first-order valence-corrected chi connectivity index (χ1v) is 5.84. The van der Waals surface area contributed by atoms with Crippen molar-refractivity contribution in [3.8, 4) is 17.0 Å². The van der Waals surface area contributed by atoms with Crippen LogP contribution in [-0.2, 0) is 0 Å². The number of nitrogens with zero attached hydrogens (tertiary/aromatic N) is 3. The molecule has 2 heterocycles. The molecule has 0 N–H and O–H groups in total. The summed E-state index contributed by atoms with van der Waals surface area (Å²) in [5.41, 5.74) is 1.08. The van der Waals surface area contributed by atoms with Crippen LogP contribution in [0.5, 0.6) is 5.75 Å². The molecule has 0 spiro atoms. The van der Waals surface area contributed by atoms with Crippen molar-refractivity contribution in [3.05, 3.63) is 51.1 Å². The first kappa shape index (κ1) is 13.7. The van der Waals surface area contributed by atoms with Gasteiger partial charge in [-0.1, -0.05) is 0 Å². The number of ether oxygens (including phenoxy) is 1. The Labute approximate surface area is 115 Å². The van der Waals surface area contributed by atoms with Gasteiger partial charge in [-0.25, -0.2) is 0 Å². The SMILES string of the molecule is COc1ccncc1-c1cc([N+](=O)[O-])c(C)c(C)[n+]1[O-]. The molecule has 2 aromatic rings. The molecule has 0 aliphatic rings. The van der Waals surface area contributed by atoms with E-state index in [0.717, 1.165) is 0 Å². The van der Waals surface area contributed by atoms with Gasteiger partial charge in [0.1, 0.15) is 11.3 Å². The number of hydrogen-bond donors (Lipinski definition) is 0. The molecule has 7 nitrogen and oxygen atoms in total. The lowest BCUT2D eigenvalue weighted by molar-refractivity contribution is -0.601. The quantitative estimate of drug-likeness (QED) is 0.369. The van der Waals surface area contributed by atoms with E-state index in [2.05, 4.69) is 4.98 Å². The summed E-state index contributed by atoms with van der Waals surface area (Å²) in [6, 6.07) is 2.84. The monoisotopic (exact) mass is 275 g/mol. The second-order valence-electron chi connectivity index (χ2n) is 4.25. The largest absolute Gasteiger partial charge is 0.618 e. The van der Waals surface area contributed by atoms with E-state index in [9.17, 15) is 15.3 Å². The van der Waals surface area contributed by atoms with Gasteiger partial charge < -0.3 is 9.94 Å². The summed E-state index contributed by atoms with van der Waals surface area (Å²) in [6.07, 6.45) is 2.97. The molecule has 0 atom stereocenters. The molecule has 0 radical (unpaired) electrons. The lowest BCUT2D eigenvalue weighted by Crippen LogP contribution is -2.34. The lowest BCUT2D eigenvalue weighted by atomic mass is 10.1. The predicted molar refractivity (Wildman–Crippen MR) is 71.3 cm³/mol. The van der Waals surface area contributed by atoms with Gasteiger partial charge >= 0.3 is 0 Å². The summed E-state index contributed by atoms with van der Waals surface area (Å²) in [5, 5.41) is 23.3. The number of aromatic nitrogens is 2. The van der Waals surface area contributed by atoms with Crippen LogP contribution >= 0.6 is 0 Å². The highest BCUT2D eigenvalue weighted by atomic mass is 16.6. The Kier molecular flexibility index (Phi) is 3.51. The van der Waals surface area contributed by atoms with Crippen molar-refractivity contribution >= 4 is 5.69 Å². The number of rotatable bonds is 3. The van der Waals surface area contributed by atoms with E-state index < -0.39 is 4.92 Å². The van der Waals surface area contributed by atoms with Crippen LogP contribution in [0.15, 0.2) is 24.5 Å². The van der Waals surface area contributed by atoms with E-state index in [1.54, 1.807) is 19.9 Å². The van der Waals surface area contributed by atoms with E-state index in [4.69, 9.17) is 4.74 Å². The molecule has 0 saturated carbocycles. The highest BCUT2D eigenvalue weighted by molar-refractivity contribution is 5.66. The summed E-state index contributed by atoms with van der Waals surface area (Å²) >= 11 is 0. The van der Waals surface area contributed by atoms with Crippen LogP contribution in [0.3, 0.4) is 0 Å². The van der Waals surface area contributed by atoms with Crippen LogP contribution in [0.4, 0.5) is 5.69 Å². The molecular formula is C13H13N3O4. The predicted octanol–water partition coefficient (Wildman–Crippen LogP) is 1.92. The highest BCUT2D eigenvalue weighted by Crippen LogP contribution is 2.30. The second kappa shape index (κ2) is 5.12. The van der Waals surface area contributed by atoms with E-state index in [1.165, 1.54) is 25.6 Å². The molecule has 0 unspecified atom stereocenters. The zero-order valence-corrected chi connectivity index (χ0v) is 11.3. The molecule has 0 bridgehead atoms. The third kappa shape index (κ3) is 2.13. The van der Waals surface area contributed by atoms with Gasteiger partial charge in [0.05, 0.1) is 23.7 Å². The van der Waals surface area contributed by atoms with Crippen LogP contribution in [-0.4, -0.2) is 17.0 Å². The fraction of sp³-hybridized carbons (Fsp3) is 0.231. The maximum atomic E-state index is 12.2. The third-order valence-corrected chi connectivity index (χ3v) is 3.20. The van der Waals surface area contributed by atoms with Gasteiger partial charge in [-0.3, -0.25) is 15.1 Å². The molecular weight excluding hydrogens is 262 g/mol. The third-order valence-electron chi connectivity index (χ3n) is 3.20. The van der Waals surface area contributed by atoms with Crippen molar-refractivity contribution in [1.29, 1.82) is 0 Å². The van der Waals surface area contributed by atoms with Gasteiger partial charge in [0.2, 0.25) is 5.69 Å². The Morgan fingerprint density at radius 3 is 2.70 bits per heavy atom. The van der Waals surface area contributed by atoms with Crippen LogP contribution in [0.25, 0.3) is 11.3 Å². The molecule has 7 heteroatoms. The van der Waals surface area contributed by atoms with Gasteiger partial charge in [0.25, 0.3) is 5.69 Å². The van der Waals surface area contributed by atoms with Crippen LogP contribution in [0.2, 0.25) is 0 Å². The van der Waals surface area contributed by atoms with Crippen molar-refractivity contribution < 1.29 is 14.4 Å². The zero-order valence-electron chi connectivity index (χ0n) is 11.3. The minimum Gasteiger partial charge on any atom is -0.618 e. The Hall–Kier alpha value is -2.70. The fourth-order valence-corrected chi connectivity index (χ4v) is 1.94. The van der Waals surface area contributed by atoms with Crippen LogP contribution < -0.4 is 9.47 Å². The van der Waals surface area contributed by atoms with Crippen LogP contribution in [0, 0.1) is 29.2 Å². The molecule has 0 aliphatic carbocycles. The van der Waals surface area contributed by atoms with E-state index in [-0.39, 0.29) is 17.1 Å². The van der Waals surface area contributed by atoms with Crippen molar-refractivity contribution in [2.24, 2.45) is 0 Å². The molecule has 0 aliphatic heterocycles. The molecule has 0 fully saturated rings. The van der Waals surface area contributed by atoms with E-state index in [0.29, 0.717) is 21.6 Å². The van der Waals surface area contributed by atoms with Gasteiger partial charge in [-0.15, -0.1) is 0 Å². The molecule has 20 heavy (non-hydrogen) atoms. The normalized spacial score (nSPS) is 10.3. The first-order chi connectivity index (χ1) is 9.47. The van der Waals surface area contributed by atoms with E-state index >= 15 is 0 Å². The zero-order chi connectivity index (χ0) is 14.9. The van der Waals surface area contributed by atoms with E-state index in [1.807, 2.05) is 0 Å².